The van der Waals surface area contributed by atoms with E-state index in [1.807, 2.05) is 13.8 Å². The molecule has 26 heavy (non-hydrogen) atoms. The quantitative estimate of drug-likeness (QED) is 0.551. The largest absolute Gasteiger partial charge is 0.486 e. The van der Waals surface area contributed by atoms with E-state index in [1.165, 1.54) is 12.1 Å². The van der Waals surface area contributed by atoms with Crippen LogP contribution >= 0.6 is 0 Å². The van der Waals surface area contributed by atoms with Crippen molar-refractivity contribution in [3.63, 3.8) is 0 Å². The molecule has 0 fully saturated rings. The van der Waals surface area contributed by atoms with Crippen molar-refractivity contribution in [1.29, 1.82) is 0 Å². The predicted molar refractivity (Wildman–Crippen MR) is 97.3 cm³/mol. The molecule has 0 amide bonds. The van der Waals surface area contributed by atoms with Gasteiger partial charge in [-0.2, -0.15) is 8.42 Å². The highest BCUT2D eigenvalue weighted by atomic mass is 32.2. The van der Waals surface area contributed by atoms with Crippen LogP contribution in [0.5, 0.6) is 5.75 Å². The van der Waals surface area contributed by atoms with Crippen LogP contribution in [0.4, 0.5) is 0 Å². The molecule has 6 nitrogen and oxygen atoms in total. The first-order valence-electron chi connectivity index (χ1n) is 7.94. The van der Waals surface area contributed by atoms with Gasteiger partial charge in [0, 0.05) is 23.1 Å². The van der Waals surface area contributed by atoms with E-state index in [2.05, 4.69) is 0 Å². The standard InChI is InChI=1S/C19H18O6S/c1-11-4-7-18(26(21,22)23)16(8-11)13(3)24-14-5-6-15-12(2)9-19(20)25-17(15)10-14/h4-10,13H,1-3H3,(H,21,22,23). The van der Waals surface area contributed by atoms with Crippen LogP contribution in [-0.4, -0.2) is 13.0 Å². The van der Waals surface area contributed by atoms with Crippen molar-refractivity contribution in [2.75, 3.05) is 0 Å². The van der Waals surface area contributed by atoms with E-state index in [-0.39, 0.29) is 4.90 Å². The molecule has 1 atom stereocenters. The number of hydrogen-bond donors (Lipinski definition) is 1. The van der Waals surface area contributed by atoms with Gasteiger partial charge in [0.2, 0.25) is 0 Å². The highest BCUT2D eigenvalue weighted by Crippen LogP contribution is 2.30. The summed E-state index contributed by atoms with van der Waals surface area (Å²) in [6.45, 7) is 5.31. The van der Waals surface area contributed by atoms with Crippen molar-refractivity contribution in [2.24, 2.45) is 0 Å². The van der Waals surface area contributed by atoms with Crippen LogP contribution in [-0.2, 0) is 10.1 Å². The lowest BCUT2D eigenvalue weighted by molar-refractivity contribution is 0.223. The Morgan fingerprint density at radius 1 is 1.08 bits per heavy atom. The maximum Gasteiger partial charge on any atom is 0.336 e. The van der Waals surface area contributed by atoms with Gasteiger partial charge in [0.1, 0.15) is 22.3 Å². The fraction of sp³-hybridized carbons (Fsp3) is 0.211. The van der Waals surface area contributed by atoms with Crippen LogP contribution in [0.2, 0.25) is 0 Å². The van der Waals surface area contributed by atoms with Crippen molar-refractivity contribution < 1.29 is 22.1 Å². The maximum absolute atomic E-state index is 11.6. The summed E-state index contributed by atoms with van der Waals surface area (Å²) in [4.78, 5) is 11.4. The molecule has 1 heterocycles. The molecule has 0 bridgehead atoms. The van der Waals surface area contributed by atoms with Crippen molar-refractivity contribution in [3.8, 4) is 5.75 Å². The predicted octanol–water partition coefficient (Wildman–Crippen LogP) is 3.80. The Balaban J connectivity index is 2.01. The third-order valence-corrected chi connectivity index (χ3v) is 5.04. The van der Waals surface area contributed by atoms with Gasteiger partial charge in [0.15, 0.2) is 0 Å². The highest BCUT2D eigenvalue weighted by molar-refractivity contribution is 7.85. The van der Waals surface area contributed by atoms with Crippen LogP contribution in [0.25, 0.3) is 11.0 Å². The molecule has 1 unspecified atom stereocenters. The van der Waals surface area contributed by atoms with Crippen LogP contribution in [0.3, 0.4) is 0 Å². The average molecular weight is 374 g/mol. The molecule has 0 saturated carbocycles. The maximum atomic E-state index is 11.6. The summed E-state index contributed by atoms with van der Waals surface area (Å²) in [5.74, 6) is 0.418. The smallest absolute Gasteiger partial charge is 0.336 e. The van der Waals surface area contributed by atoms with E-state index in [1.54, 1.807) is 37.3 Å². The number of benzene rings is 2. The highest BCUT2D eigenvalue weighted by Gasteiger charge is 2.21. The lowest BCUT2D eigenvalue weighted by atomic mass is 10.1. The molecule has 0 aliphatic rings. The van der Waals surface area contributed by atoms with Gasteiger partial charge in [-0.1, -0.05) is 17.7 Å². The van der Waals surface area contributed by atoms with E-state index in [0.717, 1.165) is 16.5 Å². The minimum Gasteiger partial charge on any atom is -0.486 e. The summed E-state index contributed by atoms with van der Waals surface area (Å²) in [5, 5.41) is 0.791. The summed E-state index contributed by atoms with van der Waals surface area (Å²) < 4.78 is 43.7. The number of ether oxygens (including phenoxy) is 1. The van der Waals surface area contributed by atoms with E-state index in [9.17, 15) is 17.8 Å². The minimum absolute atomic E-state index is 0.196. The lowest BCUT2D eigenvalue weighted by Gasteiger charge is -2.18. The van der Waals surface area contributed by atoms with Gasteiger partial charge in [-0.05, 0) is 44.5 Å². The molecule has 3 rings (SSSR count). The van der Waals surface area contributed by atoms with Crippen LogP contribution < -0.4 is 10.4 Å². The lowest BCUT2D eigenvalue weighted by Crippen LogP contribution is -2.10. The van der Waals surface area contributed by atoms with Crippen molar-refractivity contribution in [2.45, 2.75) is 31.8 Å². The molecule has 1 aromatic heterocycles. The second-order valence-electron chi connectivity index (χ2n) is 6.18. The zero-order chi connectivity index (χ0) is 19.1. The van der Waals surface area contributed by atoms with Crippen molar-refractivity contribution in [1.82, 2.24) is 0 Å². The average Bonchev–Trinajstić information content (AvgIpc) is 2.53. The molecular formula is C19H18O6S. The zero-order valence-corrected chi connectivity index (χ0v) is 15.3. The summed E-state index contributed by atoms with van der Waals surface area (Å²) in [5.41, 5.74) is 1.91. The number of fused-ring (bicyclic) bond motifs is 1. The SMILES string of the molecule is Cc1ccc(S(=O)(=O)O)c(C(C)Oc2ccc3c(C)cc(=O)oc3c2)c1. The third kappa shape index (κ3) is 3.63. The topological polar surface area (TPSA) is 93.8 Å². The molecule has 0 radical (unpaired) electrons. The monoisotopic (exact) mass is 374 g/mol. The van der Waals surface area contributed by atoms with Gasteiger partial charge < -0.3 is 9.15 Å². The normalized spacial score (nSPS) is 12.9. The van der Waals surface area contributed by atoms with Gasteiger partial charge in [0.25, 0.3) is 10.1 Å². The molecule has 3 aromatic rings. The second-order valence-corrected chi connectivity index (χ2v) is 7.57. The first kappa shape index (κ1) is 18.2. The van der Waals surface area contributed by atoms with Crippen LogP contribution in [0, 0.1) is 13.8 Å². The Morgan fingerprint density at radius 2 is 1.81 bits per heavy atom. The van der Waals surface area contributed by atoms with Gasteiger partial charge in [-0.25, -0.2) is 4.79 Å². The van der Waals surface area contributed by atoms with Gasteiger partial charge >= 0.3 is 5.63 Å². The number of aryl methyl sites for hydroxylation is 2. The molecule has 7 heteroatoms. The summed E-state index contributed by atoms with van der Waals surface area (Å²) >= 11 is 0. The molecule has 0 saturated heterocycles. The first-order valence-corrected chi connectivity index (χ1v) is 9.38. The summed E-state index contributed by atoms with van der Waals surface area (Å²) in [7, 11) is -4.37. The second kappa shape index (κ2) is 6.59. The van der Waals surface area contributed by atoms with E-state index in [0.29, 0.717) is 16.9 Å². The Morgan fingerprint density at radius 3 is 2.50 bits per heavy atom. The minimum atomic E-state index is -4.37. The van der Waals surface area contributed by atoms with Gasteiger partial charge in [-0.3, -0.25) is 4.55 Å². The number of rotatable bonds is 4. The molecule has 2 aromatic carbocycles. The molecular weight excluding hydrogens is 356 g/mol. The van der Waals surface area contributed by atoms with Gasteiger partial charge in [0.05, 0.1) is 0 Å². The van der Waals surface area contributed by atoms with Crippen molar-refractivity contribution >= 4 is 21.1 Å². The van der Waals surface area contributed by atoms with Crippen LogP contribution in [0.15, 0.2) is 56.6 Å². The number of hydrogen-bond acceptors (Lipinski definition) is 5. The fourth-order valence-corrected chi connectivity index (χ4v) is 3.63. The fourth-order valence-electron chi connectivity index (χ4n) is 2.87. The Hall–Kier alpha value is -2.64. The van der Waals surface area contributed by atoms with Crippen molar-refractivity contribution in [3.05, 3.63) is 69.6 Å². The Labute approximate surface area is 150 Å². The third-order valence-electron chi connectivity index (χ3n) is 4.12. The molecule has 1 N–H and O–H groups in total. The molecule has 0 aliphatic heterocycles. The van der Waals surface area contributed by atoms with Gasteiger partial charge in [-0.15, -0.1) is 0 Å². The Kier molecular flexibility index (Phi) is 4.60. The molecule has 0 spiro atoms. The van der Waals surface area contributed by atoms with E-state index < -0.39 is 21.8 Å². The Bertz CT molecular complexity index is 1140. The molecule has 0 aliphatic carbocycles. The van der Waals surface area contributed by atoms with E-state index >= 15 is 0 Å². The van der Waals surface area contributed by atoms with Crippen LogP contribution in [0.1, 0.15) is 29.7 Å². The molecule has 136 valence electrons. The first-order chi connectivity index (χ1) is 12.1. The van der Waals surface area contributed by atoms with E-state index in [4.69, 9.17) is 9.15 Å². The summed E-state index contributed by atoms with van der Waals surface area (Å²) in [6.07, 6.45) is -0.652. The summed E-state index contributed by atoms with van der Waals surface area (Å²) in [6, 6.07) is 11.1. The zero-order valence-electron chi connectivity index (χ0n) is 14.5.